The van der Waals surface area contributed by atoms with Crippen LogP contribution in [0.5, 0.6) is 0 Å². The van der Waals surface area contributed by atoms with Crippen molar-refractivity contribution >= 4 is 43.5 Å². The number of benzene rings is 1. The highest BCUT2D eigenvalue weighted by Crippen LogP contribution is 2.60. The smallest absolute Gasteiger partial charge is 0.320 e. The van der Waals surface area contributed by atoms with Gasteiger partial charge in [0.2, 0.25) is 0 Å². The van der Waals surface area contributed by atoms with E-state index in [-0.39, 0.29) is 8.95 Å². The summed E-state index contributed by atoms with van der Waals surface area (Å²) < 4.78 is 169. The standard InChI is InChI=1S/C13H4Br2F13NO/c14-4-1-2-6(5(15)3-4)29-7(30)8(16,17)9(18,19)10(20,21)11(22,23)12(24,25)13(26,27)28/h1-3H,(H,29,30). The van der Waals surface area contributed by atoms with Crippen molar-refractivity contribution in [2.24, 2.45) is 0 Å². The summed E-state index contributed by atoms with van der Waals surface area (Å²) in [5.74, 6) is -41.9. The van der Waals surface area contributed by atoms with Crippen molar-refractivity contribution in [1.82, 2.24) is 0 Å². The lowest BCUT2D eigenvalue weighted by molar-refractivity contribution is -0.435. The van der Waals surface area contributed by atoms with Gasteiger partial charge < -0.3 is 5.32 Å². The highest BCUT2D eigenvalue weighted by atomic mass is 79.9. The predicted molar refractivity (Wildman–Crippen MR) is 81.3 cm³/mol. The van der Waals surface area contributed by atoms with Crippen LogP contribution in [-0.4, -0.2) is 41.7 Å². The van der Waals surface area contributed by atoms with E-state index in [0.717, 1.165) is 23.5 Å². The van der Waals surface area contributed by atoms with Gasteiger partial charge in [0, 0.05) is 8.95 Å². The first kappa shape index (κ1) is 26.8. The second-order valence-corrected chi connectivity index (χ2v) is 7.22. The maximum Gasteiger partial charge on any atom is 0.460 e. The Bertz CT molecular complexity index is 822. The van der Waals surface area contributed by atoms with Crippen LogP contribution in [-0.2, 0) is 4.79 Å². The van der Waals surface area contributed by atoms with Crippen molar-refractivity contribution in [3.63, 3.8) is 0 Å². The van der Waals surface area contributed by atoms with E-state index in [9.17, 15) is 61.9 Å². The third kappa shape index (κ3) is 3.98. The number of anilines is 1. The Morgan fingerprint density at radius 3 is 1.53 bits per heavy atom. The molecule has 0 radical (unpaired) electrons. The summed E-state index contributed by atoms with van der Waals surface area (Å²) in [4.78, 5) is 11.4. The molecule has 2 nitrogen and oxygen atoms in total. The summed E-state index contributed by atoms with van der Waals surface area (Å²) in [5, 5.41) is 0.952. The second-order valence-electron chi connectivity index (χ2n) is 5.45. The number of alkyl halides is 13. The van der Waals surface area contributed by atoms with Crippen LogP contribution in [0.3, 0.4) is 0 Å². The lowest BCUT2D eigenvalue weighted by Crippen LogP contribution is -2.71. The van der Waals surface area contributed by atoms with Gasteiger partial charge in [-0.1, -0.05) is 15.9 Å². The summed E-state index contributed by atoms with van der Waals surface area (Å²) in [6, 6.07) is 2.78. The minimum atomic E-state index is -8.07. The zero-order valence-electron chi connectivity index (χ0n) is 13.3. The van der Waals surface area contributed by atoms with Gasteiger partial charge in [-0.3, -0.25) is 4.79 Å². The van der Waals surface area contributed by atoms with Gasteiger partial charge in [-0.05, 0) is 34.1 Å². The third-order valence-electron chi connectivity index (χ3n) is 3.40. The molecule has 0 aromatic heterocycles. The van der Waals surface area contributed by atoms with E-state index in [2.05, 4.69) is 31.9 Å². The molecule has 0 heterocycles. The van der Waals surface area contributed by atoms with Crippen molar-refractivity contribution in [3.05, 3.63) is 27.1 Å². The van der Waals surface area contributed by atoms with E-state index < -0.39 is 47.4 Å². The van der Waals surface area contributed by atoms with E-state index in [1.165, 1.54) is 0 Å². The minimum absolute atomic E-state index is 0.227. The fourth-order valence-corrected chi connectivity index (χ4v) is 2.85. The molecule has 0 atom stereocenters. The molecule has 1 rings (SSSR count). The molecule has 0 saturated heterocycles. The van der Waals surface area contributed by atoms with Gasteiger partial charge in [0.15, 0.2) is 0 Å². The molecule has 1 aromatic rings. The average molecular weight is 597 g/mol. The number of carbonyl (C=O) groups is 1. The molecule has 172 valence electrons. The van der Waals surface area contributed by atoms with Gasteiger partial charge in [-0.15, -0.1) is 0 Å². The van der Waals surface area contributed by atoms with Crippen molar-refractivity contribution in [2.45, 2.75) is 35.8 Å². The van der Waals surface area contributed by atoms with Gasteiger partial charge >= 0.3 is 41.7 Å². The van der Waals surface area contributed by atoms with Gasteiger partial charge in [-0.2, -0.15) is 57.1 Å². The molecule has 0 aliphatic heterocycles. The van der Waals surface area contributed by atoms with E-state index in [0.29, 0.717) is 0 Å². The number of hydrogen-bond donors (Lipinski definition) is 1. The number of amides is 1. The SMILES string of the molecule is O=C(Nc1ccc(Br)cc1Br)C(F)(F)C(F)(F)C(F)(F)C(F)(F)C(F)(F)C(F)(F)F. The fraction of sp³-hybridized carbons (Fsp3) is 0.462. The quantitative estimate of drug-likeness (QED) is 0.356. The zero-order valence-corrected chi connectivity index (χ0v) is 16.5. The molecule has 17 heteroatoms. The molecule has 1 N–H and O–H groups in total. The monoisotopic (exact) mass is 595 g/mol. The van der Waals surface area contributed by atoms with E-state index >= 15 is 0 Å². The number of carbonyl (C=O) groups excluding carboxylic acids is 1. The number of rotatable bonds is 6. The Morgan fingerprint density at radius 1 is 0.700 bits per heavy atom. The molecule has 1 amide bonds. The molecule has 0 spiro atoms. The highest BCUT2D eigenvalue weighted by Gasteiger charge is 2.91. The first-order chi connectivity index (χ1) is 13.1. The average Bonchev–Trinajstić information content (AvgIpc) is 2.55. The van der Waals surface area contributed by atoms with Crippen LogP contribution in [0.4, 0.5) is 62.8 Å². The Balaban J connectivity index is 3.42. The molecule has 0 bridgehead atoms. The van der Waals surface area contributed by atoms with Gasteiger partial charge in [0.1, 0.15) is 0 Å². The van der Waals surface area contributed by atoms with E-state index in [1.807, 2.05) is 0 Å². The summed E-state index contributed by atoms with van der Waals surface area (Å²) in [7, 11) is 0. The topological polar surface area (TPSA) is 29.1 Å². The molecular formula is C13H4Br2F13NO. The minimum Gasteiger partial charge on any atom is -0.320 e. The number of hydrogen-bond acceptors (Lipinski definition) is 1. The lowest BCUT2D eigenvalue weighted by Gasteiger charge is -2.39. The van der Waals surface area contributed by atoms with Crippen LogP contribution in [0.2, 0.25) is 0 Å². The van der Waals surface area contributed by atoms with Crippen molar-refractivity contribution in [3.8, 4) is 0 Å². The van der Waals surface area contributed by atoms with E-state index in [1.54, 1.807) is 0 Å². The molecule has 30 heavy (non-hydrogen) atoms. The van der Waals surface area contributed by atoms with Crippen molar-refractivity contribution < 1.29 is 61.9 Å². The van der Waals surface area contributed by atoms with Crippen LogP contribution in [0.15, 0.2) is 27.1 Å². The van der Waals surface area contributed by atoms with Crippen LogP contribution < -0.4 is 5.32 Å². The second kappa shape index (κ2) is 7.70. The van der Waals surface area contributed by atoms with Crippen LogP contribution >= 0.6 is 31.9 Å². The summed E-state index contributed by atoms with van der Waals surface area (Å²) in [5.41, 5.74) is -0.783. The summed E-state index contributed by atoms with van der Waals surface area (Å²) in [6.07, 6.45) is -7.52. The normalized spacial score (nSPS) is 14.6. The molecule has 0 unspecified atom stereocenters. The lowest BCUT2D eigenvalue weighted by atomic mass is 9.93. The molecular weight excluding hydrogens is 593 g/mol. The predicted octanol–water partition coefficient (Wildman–Crippen LogP) is 6.89. The molecule has 0 aliphatic rings. The van der Waals surface area contributed by atoms with Crippen LogP contribution in [0.25, 0.3) is 0 Å². The number of nitrogens with one attached hydrogen (secondary N) is 1. The van der Waals surface area contributed by atoms with Crippen LogP contribution in [0.1, 0.15) is 0 Å². The van der Waals surface area contributed by atoms with Gasteiger partial charge in [-0.25, -0.2) is 0 Å². The summed E-state index contributed by atoms with van der Waals surface area (Å²) >= 11 is 5.50. The zero-order chi connectivity index (χ0) is 24.1. The van der Waals surface area contributed by atoms with Crippen molar-refractivity contribution in [2.75, 3.05) is 5.32 Å². The first-order valence-corrected chi connectivity index (χ1v) is 8.36. The Hall–Kier alpha value is -1.26. The maximum absolute atomic E-state index is 13.7. The molecule has 0 aliphatic carbocycles. The molecule has 0 saturated carbocycles. The van der Waals surface area contributed by atoms with Crippen molar-refractivity contribution in [1.29, 1.82) is 0 Å². The summed E-state index contributed by atoms with van der Waals surface area (Å²) in [6.45, 7) is 0. The first-order valence-electron chi connectivity index (χ1n) is 6.78. The van der Waals surface area contributed by atoms with Crippen LogP contribution in [0, 0.1) is 0 Å². The highest BCUT2D eigenvalue weighted by molar-refractivity contribution is 9.11. The van der Waals surface area contributed by atoms with Gasteiger partial charge in [0.05, 0.1) is 5.69 Å². The maximum atomic E-state index is 13.7. The number of halogens is 15. The Kier molecular flexibility index (Phi) is 6.88. The third-order valence-corrected chi connectivity index (χ3v) is 4.55. The van der Waals surface area contributed by atoms with E-state index in [4.69, 9.17) is 0 Å². The fourth-order valence-electron chi connectivity index (χ4n) is 1.70. The molecule has 0 fully saturated rings. The molecule has 1 aromatic carbocycles. The largest absolute Gasteiger partial charge is 0.460 e. The Morgan fingerprint density at radius 2 is 1.13 bits per heavy atom. The van der Waals surface area contributed by atoms with Gasteiger partial charge in [0.25, 0.3) is 0 Å². The Labute approximate surface area is 174 Å².